The second-order valence-electron chi connectivity index (χ2n) is 2.30. The summed E-state index contributed by atoms with van der Waals surface area (Å²) >= 11 is 1.74. The first-order valence-corrected chi connectivity index (χ1v) is 5.56. The molecule has 0 saturated heterocycles. The van der Waals surface area contributed by atoms with Gasteiger partial charge in [0.1, 0.15) is 0 Å². The van der Waals surface area contributed by atoms with E-state index in [1.807, 2.05) is 26.0 Å². The van der Waals surface area contributed by atoms with E-state index in [0.717, 1.165) is 6.42 Å². The lowest BCUT2D eigenvalue weighted by atomic mass is 10.1. The molecule has 1 heterocycles. The summed E-state index contributed by atoms with van der Waals surface area (Å²) in [6.45, 7) is 13.7. The highest BCUT2D eigenvalue weighted by atomic mass is 32.1. The van der Waals surface area contributed by atoms with E-state index in [0.29, 0.717) is 0 Å². The molecule has 1 aromatic rings. The molecule has 13 heavy (non-hydrogen) atoms. The quantitative estimate of drug-likeness (QED) is 0.658. The smallest absolute Gasteiger partial charge is 0.0339 e. The standard InChI is InChI=1S/C10H12S.C2H6/c1-4-8-7-11-10(6-3)9(8)5-2;1-2/h5-7H,2-4H2,1H3;1-2H3. The van der Waals surface area contributed by atoms with Crippen LogP contribution in [0.1, 0.15) is 36.8 Å². The SMILES string of the molecule is C=Cc1scc(CC)c1C=C.CC. The fraction of sp³-hybridized carbons (Fsp3) is 0.333. The van der Waals surface area contributed by atoms with Crippen molar-refractivity contribution < 1.29 is 0 Å². The highest BCUT2D eigenvalue weighted by Crippen LogP contribution is 2.24. The van der Waals surface area contributed by atoms with Crippen molar-refractivity contribution in [3.8, 4) is 0 Å². The van der Waals surface area contributed by atoms with Crippen LogP contribution in [0.3, 0.4) is 0 Å². The Morgan fingerprint density at radius 1 is 1.31 bits per heavy atom. The highest BCUT2D eigenvalue weighted by molar-refractivity contribution is 7.11. The van der Waals surface area contributed by atoms with Gasteiger partial charge in [0.05, 0.1) is 0 Å². The topological polar surface area (TPSA) is 0 Å². The van der Waals surface area contributed by atoms with Gasteiger partial charge >= 0.3 is 0 Å². The fourth-order valence-electron chi connectivity index (χ4n) is 1.08. The van der Waals surface area contributed by atoms with E-state index in [9.17, 15) is 0 Å². The van der Waals surface area contributed by atoms with Crippen LogP contribution in [0.5, 0.6) is 0 Å². The molecule has 1 aromatic heterocycles. The molecular formula is C12H18S. The summed E-state index contributed by atoms with van der Waals surface area (Å²) in [5.74, 6) is 0. The summed E-state index contributed by atoms with van der Waals surface area (Å²) in [7, 11) is 0. The van der Waals surface area contributed by atoms with Gasteiger partial charge in [-0.25, -0.2) is 0 Å². The maximum Gasteiger partial charge on any atom is 0.0339 e. The predicted octanol–water partition coefficient (Wildman–Crippen LogP) is 4.62. The molecule has 0 atom stereocenters. The summed E-state index contributed by atoms with van der Waals surface area (Å²) in [6.07, 6.45) is 4.87. The Hall–Kier alpha value is -0.820. The van der Waals surface area contributed by atoms with E-state index in [4.69, 9.17) is 0 Å². The molecule has 0 radical (unpaired) electrons. The number of hydrogen-bond acceptors (Lipinski definition) is 1. The molecule has 0 aromatic carbocycles. The third-order valence-electron chi connectivity index (χ3n) is 1.71. The van der Waals surface area contributed by atoms with Crippen molar-refractivity contribution >= 4 is 23.5 Å². The van der Waals surface area contributed by atoms with E-state index < -0.39 is 0 Å². The van der Waals surface area contributed by atoms with Crippen molar-refractivity contribution in [2.24, 2.45) is 0 Å². The van der Waals surface area contributed by atoms with Gasteiger partial charge in [-0.05, 0) is 22.9 Å². The number of rotatable bonds is 3. The summed E-state index contributed by atoms with van der Waals surface area (Å²) in [6, 6.07) is 0. The van der Waals surface area contributed by atoms with Crippen LogP contribution in [0, 0.1) is 0 Å². The molecule has 72 valence electrons. The van der Waals surface area contributed by atoms with Gasteiger partial charge in [0.2, 0.25) is 0 Å². The maximum absolute atomic E-state index is 3.78. The second-order valence-corrected chi connectivity index (χ2v) is 3.21. The van der Waals surface area contributed by atoms with Crippen molar-refractivity contribution in [2.75, 3.05) is 0 Å². The molecule has 0 bridgehead atoms. The lowest BCUT2D eigenvalue weighted by Gasteiger charge is -1.94. The zero-order valence-corrected chi connectivity index (χ0v) is 9.58. The van der Waals surface area contributed by atoms with Gasteiger partial charge in [-0.15, -0.1) is 11.3 Å². The Kier molecular flexibility index (Phi) is 6.25. The van der Waals surface area contributed by atoms with Crippen LogP contribution in [0.15, 0.2) is 18.5 Å². The average molecular weight is 194 g/mol. The first kappa shape index (κ1) is 12.2. The zero-order valence-electron chi connectivity index (χ0n) is 8.76. The Bertz CT molecular complexity index is 269. The van der Waals surface area contributed by atoms with Gasteiger partial charge in [0.15, 0.2) is 0 Å². The summed E-state index contributed by atoms with van der Waals surface area (Å²) in [5, 5.41) is 2.17. The molecule has 0 N–H and O–H groups in total. The minimum Gasteiger partial charge on any atom is -0.144 e. The lowest BCUT2D eigenvalue weighted by molar-refractivity contribution is 1.15. The van der Waals surface area contributed by atoms with Gasteiger partial charge in [-0.2, -0.15) is 0 Å². The Morgan fingerprint density at radius 2 is 1.92 bits per heavy atom. The molecule has 0 unspecified atom stereocenters. The van der Waals surface area contributed by atoms with Crippen molar-refractivity contribution in [2.45, 2.75) is 27.2 Å². The van der Waals surface area contributed by atoms with Crippen LogP contribution < -0.4 is 0 Å². The zero-order chi connectivity index (χ0) is 10.3. The van der Waals surface area contributed by atoms with Crippen LogP contribution in [0.2, 0.25) is 0 Å². The lowest BCUT2D eigenvalue weighted by Crippen LogP contribution is -1.79. The molecule has 0 fully saturated rings. The number of hydrogen-bond donors (Lipinski definition) is 0. The summed E-state index contributed by atoms with van der Waals surface area (Å²) < 4.78 is 0. The van der Waals surface area contributed by atoms with Crippen LogP contribution in [-0.4, -0.2) is 0 Å². The van der Waals surface area contributed by atoms with E-state index >= 15 is 0 Å². The van der Waals surface area contributed by atoms with Gasteiger partial charge in [-0.3, -0.25) is 0 Å². The fourth-order valence-corrected chi connectivity index (χ4v) is 2.08. The Morgan fingerprint density at radius 3 is 2.31 bits per heavy atom. The molecule has 1 rings (SSSR count). The molecular weight excluding hydrogens is 176 g/mol. The third-order valence-corrected chi connectivity index (χ3v) is 2.75. The largest absolute Gasteiger partial charge is 0.144 e. The molecule has 0 amide bonds. The van der Waals surface area contributed by atoms with E-state index in [1.54, 1.807) is 11.3 Å². The highest BCUT2D eigenvalue weighted by Gasteiger charge is 2.02. The summed E-state index contributed by atoms with van der Waals surface area (Å²) in [5.41, 5.74) is 2.63. The Balaban J connectivity index is 0.000000671. The number of aryl methyl sites for hydroxylation is 1. The van der Waals surface area contributed by atoms with Crippen molar-refractivity contribution in [1.82, 2.24) is 0 Å². The van der Waals surface area contributed by atoms with E-state index in [-0.39, 0.29) is 0 Å². The van der Waals surface area contributed by atoms with Crippen molar-refractivity contribution in [3.05, 3.63) is 34.5 Å². The van der Waals surface area contributed by atoms with Crippen LogP contribution in [-0.2, 0) is 6.42 Å². The molecule has 0 spiro atoms. The molecule has 1 heteroatoms. The Labute approximate surface area is 85.6 Å². The minimum absolute atomic E-state index is 1.08. The van der Waals surface area contributed by atoms with Crippen molar-refractivity contribution in [3.63, 3.8) is 0 Å². The molecule has 0 nitrogen and oxygen atoms in total. The monoisotopic (exact) mass is 194 g/mol. The average Bonchev–Trinajstić information content (AvgIpc) is 2.62. The maximum atomic E-state index is 3.78. The minimum atomic E-state index is 1.08. The van der Waals surface area contributed by atoms with Crippen molar-refractivity contribution in [1.29, 1.82) is 0 Å². The van der Waals surface area contributed by atoms with E-state index in [1.165, 1.54) is 16.0 Å². The molecule has 0 aliphatic carbocycles. The number of thiophene rings is 1. The van der Waals surface area contributed by atoms with Crippen LogP contribution >= 0.6 is 11.3 Å². The molecule has 0 saturated carbocycles. The first-order valence-electron chi connectivity index (χ1n) is 4.68. The second kappa shape index (κ2) is 6.67. The molecule has 0 aliphatic heterocycles. The molecule has 0 aliphatic rings. The third kappa shape index (κ3) is 2.85. The van der Waals surface area contributed by atoms with Crippen LogP contribution in [0.4, 0.5) is 0 Å². The summed E-state index contributed by atoms with van der Waals surface area (Å²) in [4.78, 5) is 1.23. The first-order chi connectivity index (χ1) is 6.33. The van der Waals surface area contributed by atoms with Gasteiger partial charge in [0.25, 0.3) is 0 Å². The normalized spacial score (nSPS) is 8.54. The van der Waals surface area contributed by atoms with Crippen LogP contribution in [0.25, 0.3) is 12.2 Å². The van der Waals surface area contributed by atoms with Gasteiger partial charge < -0.3 is 0 Å². The van der Waals surface area contributed by atoms with Gasteiger partial charge in [-0.1, -0.05) is 46.1 Å². The van der Waals surface area contributed by atoms with E-state index in [2.05, 4.69) is 25.5 Å². The van der Waals surface area contributed by atoms with Gasteiger partial charge in [0, 0.05) is 4.88 Å². The predicted molar refractivity (Wildman–Crippen MR) is 65.2 cm³/mol.